The van der Waals surface area contributed by atoms with Gasteiger partial charge in [0.05, 0.1) is 5.52 Å². The highest BCUT2D eigenvalue weighted by molar-refractivity contribution is 5.78. The lowest BCUT2D eigenvalue weighted by Crippen LogP contribution is -2.24. The van der Waals surface area contributed by atoms with E-state index in [0.29, 0.717) is 6.42 Å². The number of likely N-dealkylation sites (N-methyl/N-ethyl adjacent to an activating group) is 1. The van der Waals surface area contributed by atoms with E-state index in [1.165, 1.54) is 0 Å². The summed E-state index contributed by atoms with van der Waals surface area (Å²) in [6, 6.07) is 12.1. The minimum atomic E-state index is -0.0410. The number of pyridine rings is 1. The first-order chi connectivity index (χ1) is 10.3. The van der Waals surface area contributed by atoms with Crippen molar-refractivity contribution in [2.45, 2.75) is 13.0 Å². The van der Waals surface area contributed by atoms with Gasteiger partial charge in [-0.1, -0.05) is 24.3 Å². The third-order valence-corrected chi connectivity index (χ3v) is 3.39. The molecule has 5 nitrogen and oxygen atoms in total. The Morgan fingerprint density at radius 2 is 2.10 bits per heavy atom. The number of hydrogen-bond acceptors (Lipinski definition) is 3. The third-order valence-electron chi connectivity index (χ3n) is 3.39. The largest absolute Gasteiger partial charge is 0.358 e. The van der Waals surface area contributed by atoms with E-state index < -0.39 is 0 Å². The number of imidazole rings is 1. The lowest BCUT2D eigenvalue weighted by Gasteiger charge is -2.07. The van der Waals surface area contributed by atoms with E-state index >= 15 is 0 Å². The van der Waals surface area contributed by atoms with Crippen LogP contribution in [0.4, 0.5) is 0 Å². The highest BCUT2D eigenvalue weighted by Gasteiger charge is 2.08. The predicted molar refractivity (Wildman–Crippen MR) is 80.8 cm³/mol. The van der Waals surface area contributed by atoms with Crippen LogP contribution >= 0.6 is 0 Å². The summed E-state index contributed by atoms with van der Waals surface area (Å²) in [6.45, 7) is 0.277. The zero-order valence-electron chi connectivity index (χ0n) is 11.8. The summed E-state index contributed by atoms with van der Waals surface area (Å²) in [5, 5.41) is 3.74. The Morgan fingerprint density at radius 3 is 2.95 bits per heavy atom. The van der Waals surface area contributed by atoms with E-state index in [2.05, 4.69) is 21.4 Å². The van der Waals surface area contributed by atoms with Crippen molar-refractivity contribution in [2.75, 3.05) is 7.05 Å². The average molecular weight is 280 g/mol. The molecule has 0 fully saturated rings. The van der Waals surface area contributed by atoms with E-state index in [1.807, 2.05) is 41.1 Å². The topological polar surface area (TPSA) is 59.8 Å². The quantitative estimate of drug-likeness (QED) is 0.792. The lowest BCUT2D eigenvalue weighted by atomic mass is 10.2. The van der Waals surface area contributed by atoms with Crippen molar-refractivity contribution in [3.63, 3.8) is 0 Å². The van der Waals surface area contributed by atoms with Crippen molar-refractivity contribution in [3.05, 3.63) is 60.3 Å². The molecule has 2 aromatic heterocycles. The number of para-hydroxylation sites is 1. The molecule has 0 saturated heterocycles. The van der Waals surface area contributed by atoms with Crippen LogP contribution < -0.4 is 5.32 Å². The van der Waals surface area contributed by atoms with Crippen LogP contribution in [0.25, 0.3) is 10.9 Å². The Kier molecular flexibility index (Phi) is 3.64. The molecular formula is C16H16N4O. The minimum Gasteiger partial charge on any atom is -0.358 e. The zero-order chi connectivity index (χ0) is 14.7. The summed E-state index contributed by atoms with van der Waals surface area (Å²) < 4.78 is 1.84. The number of carbonyl (C=O) groups is 1. The summed E-state index contributed by atoms with van der Waals surface area (Å²) in [5.41, 5.74) is 1.91. The van der Waals surface area contributed by atoms with Crippen LogP contribution in [0.3, 0.4) is 0 Å². The van der Waals surface area contributed by atoms with Crippen LogP contribution in [0.2, 0.25) is 0 Å². The van der Waals surface area contributed by atoms with Crippen LogP contribution in [0, 0.1) is 0 Å². The van der Waals surface area contributed by atoms with E-state index in [4.69, 9.17) is 0 Å². The Morgan fingerprint density at radius 1 is 1.24 bits per heavy atom. The minimum absolute atomic E-state index is 0.0410. The first kappa shape index (κ1) is 13.3. The molecule has 2 heterocycles. The maximum absolute atomic E-state index is 11.5. The predicted octanol–water partition coefficient (Wildman–Crippen LogP) is 1.77. The number of carbonyl (C=O) groups excluding carboxylic acids is 1. The smallest absolute Gasteiger partial charge is 0.239 e. The van der Waals surface area contributed by atoms with Gasteiger partial charge < -0.3 is 9.88 Å². The van der Waals surface area contributed by atoms with Gasteiger partial charge in [-0.3, -0.25) is 9.78 Å². The fourth-order valence-electron chi connectivity index (χ4n) is 2.25. The van der Waals surface area contributed by atoms with Crippen molar-refractivity contribution >= 4 is 16.8 Å². The van der Waals surface area contributed by atoms with Crippen LogP contribution in [-0.4, -0.2) is 27.5 Å². The van der Waals surface area contributed by atoms with Gasteiger partial charge in [-0.05, 0) is 12.1 Å². The van der Waals surface area contributed by atoms with Gasteiger partial charge in [0, 0.05) is 36.9 Å². The van der Waals surface area contributed by atoms with Crippen molar-refractivity contribution < 1.29 is 4.79 Å². The van der Waals surface area contributed by atoms with E-state index in [1.54, 1.807) is 13.2 Å². The van der Waals surface area contributed by atoms with Gasteiger partial charge in [0.25, 0.3) is 0 Å². The molecule has 5 heteroatoms. The van der Waals surface area contributed by atoms with Gasteiger partial charge in [0.15, 0.2) is 0 Å². The second-order valence-electron chi connectivity index (χ2n) is 4.82. The molecule has 1 amide bonds. The summed E-state index contributed by atoms with van der Waals surface area (Å²) in [6.07, 6.45) is 4.12. The molecule has 0 aliphatic heterocycles. The SMILES string of the molecule is CNC(=O)Cn1ccnc1Cc1ccc2ccccc2n1. The van der Waals surface area contributed by atoms with Gasteiger partial charge in [-0.15, -0.1) is 0 Å². The number of nitrogens with one attached hydrogen (secondary N) is 1. The molecule has 0 atom stereocenters. The number of fused-ring (bicyclic) bond motifs is 1. The summed E-state index contributed by atoms with van der Waals surface area (Å²) in [4.78, 5) is 20.4. The van der Waals surface area contributed by atoms with Crippen molar-refractivity contribution in [1.29, 1.82) is 0 Å². The molecule has 21 heavy (non-hydrogen) atoms. The van der Waals surface area contributed by atoms with Crippen molar-refractivity contribution in [1.82, 2.24) is 19.9 Å². The van der Waals surface area contributed by atoms with Gasteiger partial charge in [-0.25, -0.2) is 4.98 Å². The Bertz CT molecular complexity index is 779. The van der Waals surface area contributed by atoms with Crippen LogP contribution in [-0.2, 0) is 17.8 Å². The second kappa shape index (κ2) is 5.75. The molecule has 3 aromatic rings. The number of nitrogens with zero attached hydrogens (tertiary/aromatic N) is 3. The number of hydrogen-bond donors (Lipinski definition) is 1. The molecule has 106 valence electrons. The third kappa shape index (κ3) is 2.91. The number of aromatic nitrogens is 3. The highest BCUT2D eigenvalue weighted by atomic mass is 16.1. The summed E-state index contributed by atoms with van der Waals surface area (Å²) >= 11 is 0. The molecule has 1 aromatic carbocycles. The summed E-state index contributed by atoms with van der Waals surface area (Å²) in [7, 11) is 1.63. The molecule has 0 aliphatic carbocycles. The van der Waals surface area contributed by atoms with E-state index in [9.17, 15) is 4.79 Å². The standard InChI is InChI=1S/C16H16N4O/c1-17-16(21)11-20-9-8-18-15(20)10-13-7-6-12-4-2-3-5-14(12)19-13/h2-9H,10-11H2,1H3,(H,17,21). The molecule has 0 spiro atoms. The first-order valence-electron chi connectivity index (χ1n) is 6.81. The van der Waals surface area contributed by atoms with Crippen molar-refractivity contribution in [3.8, 4) is 0 Å². The highest BCUT2D eigenvalue weighted by Crippen LogP contribution is 2.14. The molecule has 0 unspecified atom stereocenters. The summed E-state index contributed by atoms with van der Waals surface area (Å²) in [5.74, 6) is 0.794. The number of benzene rings is 1. The Balaban J connectivity index is 1.85. The molecule has 3 rings (SSSR count). The van der Waals surface area contributed by atoms with Crippen molar-refractivity contribution in [2.24, 2.45) is 0 Å². The zero-order valence-corrected chi connectivity index (χ0v) is 11.8. The number of rotatable bonds is 4. The average Bonchev–Trinajstić information content (AvgIpc) is 2.94. The van der Waals surface area contributed by atoms with Gasteiger partial charge in [-0.2, -0.15) is 0 Å². The maximum Gasteiger partial charge on any atom is 0.239 e. The molecule has 0 aliphatic rings. The van der Waals surface area contributed by atoms with Gasteiger partial charge in [0.1, 0.15) is 12.4 Å². The normalized spacial score (nSPS) is 10.7. The lowest BCUT2D eigenvalue weighted by molar-refractivity contribution is -0.121. The van der Waals surface area contributed by atoms with Crippen LogP contribution in [0.5, 0.6) is 0 Å². The number of amides is 1. The molecule has 1 N–H and O–H groups in total. The Labute approximate surface area is 122 Å². The maximum atomic E-state index is 11.5. The van der Waals surface area contributed by atoms with Crippen LogP contribution in [0.15, 0.2) is 48.8 Å². The van der Waals surface area contributed by atoms with Gasteiger partial charge >= 0.3 is 0 Å². The van der Waals surface area contributed by atoms with Gasteiger partial charge in [0.2, 0.25) is 5.91 Å². The monoisotopic (exact) mass is 280 g/mol. The first-order valence-corrected chi connectivity index (χ1v) is 6.81. The molecule has 0 radical (unpaired) electrons. The fraction of sp³-hybridized carbons (Fsp3) is 0.188. The molecular weight excluding hydrogens is 264 g/mol. The van der Waals surface area contributed by atoms with E-state index in [0.717, 1.165) is 22.4 Å². The molecule has 0 saturated carbocycles. The Hall–Kier alpha value is -2.69. The fourth-order valence-corrected chi connectivity index (χ4v) is 2.25. The molecule has 0 bridgehead atoms. The van der Waals surface area contributed by atoms with E-state index in [-0.39, 0.29) is 12.5 Å². The van der Waals surface area contributed by atoms with Crippen LogP contribution in [0.1, 0.15) is 11.5 Å². The second-order valence-corrected chi connectivity index (χ2v) is 4.82.